The van der Waals surface area contributed by atoms with Crippen LogP contribution in [-0.4, -0.2) is 47.7 Å². The number of ether oxygens (including phenoxy) is 1. The van der Waals surface area contributed by atoms with Crippen molar-refractivity contribution in [1.29, 1.82) is 0 Å². The molecular formula is C19H24N2O3. The zero-order valence-corrected chi connectivity index (χ0v) is 14.4. The molecule has 0 bridgehead atoms. The number of carbonyl (C=O) groups is 2. The first-order valence-electron chi connectivity index (χ1n) is 8.09. The van der Waals surface area contributed by atoms with Crippen LogP contribution in [0.5, 0.6) is 0 Å². The molecule has 0 saturated carbocycles. The maximum absolute atomic E-state index is 12.4. The van der Waals surface area contributed by atoms with Gasteiger partial charge in [0.15, 0.2) is 0 Å². The lowest BCUT2D eigenvalue weighted by Crippen LogP contribution is -2.38. The van der Waals surface area contributed by atoms with Crippen LogP contribution in [0.2, 0.25) is 0 Å². The van der Waals surface area contributed by atoms with E-state index in [1.54, 1.807) is 17.0 Å². The second kappa shape index (κ2) is 7.43. The summed E-state index contributed by atoms with van der Waals surface area (Å²) in [5.41, 5.74) is 1.33. The SMILES string of the molecule is C=C.CC1(C)COC(c2ccc(C(=O)N3CCC(=O)CC3)cc2)=N1. The van der Waals surface area contributed by atoms with Gasteiger partial charge in [-0.05, 0) is 38.1 Å². The minimum Gasteiger partial charge on any atom is -0.475 e. The van der Waals surface area contributed by atoms with E-state index in [-0.39, 0.29) is 17.2 Å². The highest BCUT2D eigenvalue weighted by Crippen LogP contribution is 2.21. The molecule has 24 heavy (non-hydrogen) atoms. The highest BCUT2D eigenvalue weighted by Gasteiger charge is 2.27. The van der Waals surface area contributed by atoms with Gasteiger partial charge < -0.3 is 9.64 Å². The summed E-state index contributed by atoms with van der Waals surface area (Å²) in [4.78, 5) is 29.9. The maximum Gasteiger partial charge on any atom is 0.253 e. The standard InChI is InChI=1S/C17H20N2O3.C2H4/c1-17(2)11-22-15(18-17)12-3-5-13(6-4-12)16(21)19-9-7-14(20)8-10-19;1-2/h3-6H,7-11H2,1-2H3;1-2H2. The van der Waals surface area contributed by atoms with E-state index < -0.39 is 0 Å². The van der Waals surface area contributed by atoms with Crippen molar-refractivity contribution in [2.24, 2.45) is 4.99 Å². The zero-order chi connectivity index (χ0) is 17.7. The number of amides is 1. The van der Waals surface area contributed by atoms with Crippen molar-refractivity contribution in [3.63, 3.8) is 0 Å². The maximum atomic E-state index is 12.4. The quantitative estimate of drug-likeness (QED) is 0.784. The van der Waals surface area contributed by atoms with Crippen molar-refractivity contribution < 1.29 is 14.3 Å². The second-order valence-electron chi connectivity index (χ2n) is 6.43. The molecule has 5 heteroatoms. The summed E-state index contributed by atoms with van der Waals surface area (Å²) in [6, 6.07) is 7.32. The van der Waals surface area contributed by atoms with Gasteiger partial charge in [0.25, 0.3) is 5.91 Å². The van der Waals surface area contributed by atoms with Crippen LogP contribution in [-0.2, 0) is 9.53 Å². The molecular weight excluding hydrogens is 304 g/mol. The number of likely N-dealkylation sites (tertiary alicyclic amines) is 1. The Labute approximate surface area is 143 Å². The fourth-order valence-electron chi connectivity index (χ4n) is 2.63. The van der Waals surface area contributed by atoms with Crippen molar-refractivity contribution in [2.75, 3.05) is 19.7 Å². The van der Waals surface area contributed by atoms with Gasteiger partial charge in [-0.25, -0.2) is 4.99 Å². The molecule has 5 nitrogen and oxygen atoms in total. The smallest absolute Gasteiger partial charge is 0.253 e. The van der Waals surface area contributed by atoms with Gasteiger partial charge in [-0.2, -0.15) is 0 Å². The van der Waals surface area contributed by atoms with Gasteiger partial charge in [0, 0.05) is 37.1 Å². The van der Waals surface area contributed by atoms with Gasteiger partial charge in [-0.1, -0.05) is 0 Å². The molecule has 3 rings (SSSR count). The van der Waals surface area contributed by atoms with Gasteiger partial charge in [-0.3, -0.25) is 9.59 Å². The molecule has 0 unspecified atom stereocenters. The number of hydrogen-bond donors (Lipinski definition) is 0. The van der Waals surface area contributed by atoms with Crippen LogP contribution in [0.15, 0.2) is 42.4 Å². The molecule has 128 valence electrons. The number of ketones is 1. The van der Waals surface area contributed by atoms with Crippen molar-refractivity contribution in [3.05, 3.63) is 48.6 Å². The van der Waals surface area contributed by atoms with Gasteiger partial charge in [-0.15, -0.1) is 13.2 Å². The molecule has 2 aliphatic heterocycles. The van der Waals surface area contributed by atoms with E-state index in [0.29, 0.717) is 44.0 Å². The Morgan fingerprint density at radius 1 is 1.17 bits per heavy atom. The molecule has 0 aromatic heterocycles. The lowest BCUT2D eigenvalue weighted by molar-refractivity contribution is -0.120. The third kappa shape index (κ3) is 4.10. The van der Waals surface area contributed by atoms with E-state index in [1.165, 1.54) is 0 Å². The van der Waals surface area contributed by atoms with Crippen LogP contribution in [0.1, 0.15) is 42.6 Å². The highest BCUT2D eigenvalue weighted by molar-refractivity contribution is 5.99. The Bertz CT molecular complexity index is 637. The van der Waals surface area contributed by atoms with E-state index in [0.717, 1.165) is 5.56 Å². The summed E-state index contributed by atoms with van der Waals surface area (Å²) in [6.45, 7) is 11.7. The predicted molar refractivity (Wildman–Crippen MR) is 94.4 cm³/mol. The van der Waals surface area contributed by atoms with Crippen LogP contribution in [0, 0.1) is 0 Å². The lowest BCUT2D eigenvalue weighted by Gasteiger charge is -2.26. The summed E-state index contributed by atoms with van der Waals surface area (Å²) in [5.74, 6) is 0.847. The number of carbonyl (C=O) groups excluding carboxylic acids is 2. The Hall–Kier alpha value is -2.43. The summed E-state index contributed by atoms with van der Waals surface area (Å²) in [6.07, 6.45) is 0.924. The Balaban J connectivity index is 0.00000100. The van der Waals surface area contributed by atoms with Crippen LogP contribution < -0.4 is 0 Å². The first kappa shape index (κ1) is 17.9. The average Bonchev–Trinajstić information content (AvgIpc) is 2.97. The van der Waals surface area contributed by atoms with Crippen LogP contribution in [0.25, 0.3) is 0 Å². The van der Waals surface area contributed by atoms with E-state index in [4.69, 9.17) is 4.74 Å². The van der Waals surface area contributed by atoms with E-state index in [9.17, 15) is 9.59 Å². The number of piperidine rings is 1. The predicted octanol–water partition coefficient (Wildman–Crippen LogP) is 2.85. The Morgan fingerprint density at radius 2 is 1.75 bits per heavy atom. The average molecular weight is 328 g/mol. The topological polar surface area (TPSA) is 59.0 Å². The first-order valence-corrected chi connectivity index (χ1v) is 8.09. The van der Waals surface area contributed by atoms with Gasteiger partial charge in [0.1, 0.15) is 12.4 Å². The molecule has 0 aliphatic carbocycles. The van der Waals surface area contributed by atoms with E-state index in [1.807, 2.05) is 26.0 Å². The number of Topliss-reactive ketones (excluding diaryl/α,β-unsaturated/α-hetero) is 1. The molecule has 0 atom stereocenters. The van der Waals surface area contributed by atoms with E-state index >= 15 is 0 Å². The van der Waals surface area contributed by atoms with E-state index in [2.05, 4.69) is 18.2 Å². The lowest BCUT2D eigenvalue weighted by atomic mass is 10.1. The van der Waals surface area contributed by atoms with Gasteiger partial charge in [0.2, 0.25) is 5.90 Å². The molecule has 1 aromatic carbocycles. The summed E-state index contributed by atoms with van der Waals surface area (Å²) in [7, 11) is 0. The first-order chi connectivity index (χ1) is 11.4. The number of nitrogens with zero attached hydrogens (tertiary/aromatic N) is 2. The fraction of sp³-hybridized carbons (Fsp3) is 0.421. The molecule has 0 N–H and O–H groups in total. The Kier molecular flexibility index (Phi) is 5.54. The third-order valence-corrected chi connectivity index (χ3v) is 3.95. The van der Waals surface area contributed by atoms with Crippen LogP contribution >= 0.6 is 0 Å². The molecule has 0 radical (unpaired) electrons. The molecule has 1 saturated heterocycles. The Morgan fingerprint density at radius 3 is 2.25 bits per heavy atom. The monoisotopic (exact) mass is 328 g/mol. The summed E-state index contributed by atoms with van der Waals surface area (Å²) in [5, 5.41) is 0. The fourth-order valence-corrected chi connectivity index (χ4v) is 2.63. The molecule has 0 spiro atoms. The number of hydrogen-bond acceptors (Lipinski definition) is 4. The number of rotatable bonds is 2. The van der Waals surface area contributed by atoms with Crippen molar-refractivity contribution in [2.45, 2.75) is 32.2 Å². The molecule has 1 fully saturated rings. The minimum atomic E-state index is -0.190. The second-order valence-corrected chi connectivity index (χ2v) is 6.43. The summed E-state index contributed by atoms with van der Waals surface area (Å²) >= 11 is 0. The van der Waals surface area contributed by atoms with Crippen molar-refractivity contribution in [3.8, 4) is 0 Å². The molecule has 1 amide bonds. The highest BCUT2D eigenvalue weighted by atomic mass is 16.5. The molecule has 1 aromatic rings. The van der Waals surface area contributed by atoms with Crippen molar-refractivity contribution >= 4 is 17.6 Å². The molecule has 2 heterocycles. The van der Waals surface area contributed by atoms with Gasteiger partial charge in [0.05, 0.1) is 5.54 Å². The zero-order valence-electron chi connectivity index (χ0n) is 14.4. The minimum absolute atomic E-state index is 0.0198. The van der Waals surface area contributed by atoms with Gasteiger partial charge >= 0.3 is 0 Å². The molecule has 2 aliphatic rings. The third-order valence-electron chi connectivity index (χ3n) is 3.95. The van der Waals surface area contributed by atoms with Crippen LogP contribution in [0.4, 0.5) is 0 Å². The van der Waals surface area contributed by atoms with Crippen LogP contribution in [0.3, 0.4) is 0 Å². The summed E-state index contributed by atoms with van der Waals surface area (Å²) < 4.78 is 5.60. The number of benzene rings is 1. The largest absolute Gasteiger partial charge is 0.475 e. The normalized spacial score (nSPS) is 19.0. The van der Waals surface area contributed by atoms with Crippen molar-refractivity contribution in [1.82, 2.24) is 4.90 Å². The number of aliphatic imine (C=N–C) groups is 1.